The molecule has 0 aliphatic carbocycles. The molecule has 0 saturated heterocycles. The Hall–Kier alpha value is -2.23. The fourth-order valence-electron chi connectivity index (χ4n) is 1.86. The Balaban J connectivity index is 2.32. The second kappa shape index (κ2) is 6.09. The van der Waals surface area contributed by atoms with Gasteiger partial charge in [-0.2, -0.15) is 8.78 Å². The lowest BCUT2D eigenvalue weighted by atomic mass is 9.99. The number of hydrogen-bond acceptors (Lipinski definition) is 1. The van der Waals surface area contributed by atoms with Crippen LogP contribution in [0.15, 0.2) is 60.7 Å². The van der Waals surface area contributed by atoms with Crippen LogP contribution in [0, 0.1) is 0 Å². The molecular weight excluding hydrogens is 248 g/mol. The third-order valence-corrected chi connectivity index (χ3v) is 2.75. The van der Waals surface area contributed by atoms with Gasteiger partial charge < -0.3 is 5.32 Å². The van der Waals surface area contributed by atoms with Gasteiger partial charge >= 0.3 is 6.43 Å². The number of halogens is 2. The van der Waals surface area contributed by atoms with Crippen molar-refractivity contribution in [3.63, 3.8) is 0 Å². The zero-order valence-electron chi connectivity index (χ0n) is 10.1. The maximum atomic E-state index is 12.4. The Bertz CT molecular complexity index is 489. The van der Waals surface area contributed by atoms with E-state index in [1.807, 2.05) is 12.1 Å². The first-order chi connectivity index (χ1) is 9.18. The van der Waals surface area contributed by atoms with Gasteiger partial charge in [-0.05, 0) is 11.1 Å². The van der Waals surface area contributed by atoms with Gasteiger partial charge in [0.15, 0.2) is 0 Å². The van der Waals surface area contributed by atoms with Gasteiger partial charge in [0.1, 0.15) is 0 Å². The van der Waals surface area contributed by atoms with E-state index < -0.39 is 18.4 Å². The molecule has 19 heavy (non-hydrogen) atoms. The summed E-state index contributed by atoms with van der Waals surface area (Å²) in [5.74, 6) is -1.27. The standard InChI is InChI=1S/C15H13F2NO/c16-14(17)15(19)18-13(11-7-3-1-4-8-11)12-9-5-2-6-10-12/h1-10,13-14H,(H,18,19). The molecule has 0 aliphatic heterocycles. The van der Waals surface area contributed by atoms with Crippen molar-refractivity contribution in [2.24, 2.45) is 0 Å². The number of nitrogens with one attached hydrogen (secondary N) is 1. The van der Waals surface area contributed by atoms with Gasteiger partial charge in [-0.25, -0.2) is 0 Å². The predicted molar refractivity (Wildman–Crippen MR) is 68.9 cm³/mol. The van der Waals surface area contributed by atoms with E-state index in [9.17, 15) is 13.6 Å². The number of rotatable bonds is 4. The van der Waals surface area contributed by atoms with Gasteiger partial charge in [-0.15, -0.1) is 0 Å². The summed E-state index contributed by atoms with van der Waals surface area (Å²) >= 11 is 0. The normalized spacial score (nSPS) is 10.7. The summed E-state index contributed by atoms with van der Waals surface area (Å²) in [6.07, 6.45) is -3.02. The summed E-state index contributed by atoms with van der Waals surface area (Å²) in [5.41, 5.74) is 1.53. The fraction of sp³-hybridized carbons (Fsp3) is 0.133. The molecule has 0 fully saturated rings. The number of alkyl halides is 2. The third-order valence-electron chi connectivity index (χ3n) is 2.75. The maximum absolute atomic E-state index is 12.4. The lowest BCUT2D eigenvalue weighted by molar-refractivity contribution is -0.132. The first-order valence-corrected chi connectivity index (χ1v) is 5.87. The van der Waals surface area contributed by atoms with Crippen molar-refractivity contribution < 1.29 is 13.6 Å². The molecule has 0 aromatic heterocycles. The zero-order chi connectivity index (χ0) is 13.7. The van der Waals surface area contributed by atoms with Crippen molar-refractivity contribution in [2.75, 3.05) is 0 Å². The van der Waals surface area contributed by atoms with Crippen LogP contribution in [-0.2, 0) is 4.79 Å². The molecule has 0 heterocycles. The fourth-order valence-corrected chi connectivity index (χ4v) is 1.86. The van der Waals surface area contributed by atoms with Gasteiger partial charge in [0, 0.05) is 0 Å². The van der Waals surface area contributed by atoms with Crippen molar-refractivity contribution in [2.45, 2.75) is 12.5 Å². The van der Waals surface area contributed by atoms with Gasteiger partial charge in [0.25, 0.3) is 5.91 Å². The number of carbonyl (C=O) groups excluding carboxylic acids is 1. The average molecular weight is 261 g/mol. The quantitative estimate of drug-likeness (QED) is 0.900. The van der Waals surface area contributed by atoms with Crippen LogP contribution in [-0.4, -0.2) is 12.3 Å². The van der Waals surface area contributed by atoms with E-state index in [0.29, 0.717) is 0 Å². The minimum Gasteiger partial charge on any atom is -0.340 e. The Morgan fingerprint density at radius 3 is 1.63 bits per heavy atom. The molecule has 2 rings (SSSR count). The molecule has 2 aromatic rings. The lowest BCUT2D eigenvalue weighted by Crippen LogP contribution is -2.33. The largest absolute Gasteiger partial charge is 0.340 e. The number of amides is 1. The van der Waals surface area contributed by atoms with Crippen molar-refractivity contribution >= 4 is 5.91 Å². The molecule has 0 radical (unpaired) electrons. The highest BCUT2D eigenvalue weighted by Crippen LogP contribution is 2.21. The Labute approximate surface area is 110 Å². The Morgan fingerprint density at radius 1 is 0.842 bits per heavy atom. The second-order valence-corrected chi connectivity index (χ2v) is 4.06. The monoisotopic (exact) mass is 261 g/mol. The highest BCUT2D eigenvalue weighted by Gasteiger charge is 2.21. The molecule has 0 bridgehead atoms. The zero-order valence-corrected chi connectivity index (χ0v) is 10.1. The summed E-state index contributed by atoms with van der Waals surface area (Å²) in [5, 5.41) is 2.36. The van der Waals surface area contributed by atoms with Gasteiger partial charge in [-0.3, -0.25) is 4.79 Å². The van der Waals surface area contributed by atoms with E-state index in [2.05, 4.69) is 5.32 Å². The average Bonchev–Trinajstić information content (AvgIpc) is 2.46. The van der Waals surface area contributed by atoms with Crippen LogP contribution in [0.5, 0.6) is 0 Å². The Morgan fingerprint density at radius 2 is 1.26 bits per heavy atom. The number of hydrogen-bond donors (Lipinski definition) is 1. The topological polar surface area (TPSA) is 29.1 Å². The first-order valence-electron chi connectivity index (χ1n) is 5.87. The summed E-state index contributed by atoms with van der Waals surface area (Å²) in [6.45, 7) is 0. The molecule has 4 heteroatoms. The van der Waals surface area contributed by atoms with Crippen LogP contribution in [0.2, 0.25) is 0 Å². The van der Waals surface area contributed by atoms with Gasteiger partial charge in [-0.1, -0.05) is 60.7 Å². The van der Waals surface area contributed by atoms with E-state index in [0.717, 1.165) is 11.1 Å². The van der Waals surface area contributed by atoms with Crippen molar-refractivity contribution in [1.82, 2.24) is 5.32 Å². The van der Waals surface area contributed by atoms with E-state index in [1.54, 1.807) is 48.5 Å². The van der Waals surface area contributed by atoms with E-state index in [4.69, 9.17) is 0 Å². The van der Waals surface area contributed by atoms with Crippen molar-refractivity contribution in [3.05, 3.63) is 71.8 Å². The van der Waals surface area contributed by atoms with Crippen LogP contribution in [0.25, 0.3) is 0 Å². The Kier molecular flexibility index (Phi) is 4.23. The summed E-state index contributed by atoms with van der Waals surface area (Å²) < 4.78 is 24.8. The molecule has 0 aliphatic rings. The van der Waals surface area contributed by atoms with E-state index in [1.165, 1.54) is 0 Å². The molecular formula is C15H13F2NO. The van der Waals surface area contributed by atoms with Crippen LogP contribution in [0.1, 0.15) is 17.2 Å². The number of carbonyl (C=O) groups is 1. The van der Waals surface area contributed by atoms with Crippen LogP contribution < -0.4 is 5.32 Å². The highest BCUT2D eigenvalue weighted by molar-refractivity contribution is 5.80. The number of benzene rings is 2. The molecule has 0 atom stereocenters. The molecule has 2 nitrogen and oxygen atoms in total. The molecule has 0 spiro atoms. The molecule has 1 amide bonds. The minimum absolute atomic E-state index is 0.566. The smallest absolute Gasteiger partial charge is 0.315 e. The second-order valence-electron chi connectivity index (χ2n) is 4.06. The van der Waals surface area contributed by atoms with Crippen LogP contribution in [0.4, 0.5) is 8.78 Å². The highest BCUT2D eigenvalue weighted by atomic mass is 19.3. The van der Waals surface area contributed by atoms with E-state index >= 15 is 0 Å². The molecule has 2 aromatic carbocycles. The maximum Gasteiger partial charge on any atom is 0.315 e. The van der Waals surface area contributed by atoms with Gasteiger partial charge in [0.2, 0.25) is 0 Å². The van der Waals surface area contributed by atoms with Crippen molar-refractivity contribution in [1.29, 1.82) is 0 Å². The summed E-state index contributed by atoms with van der Waals surface area (Å²) in [6, 6.07) is 17.5. The predicted octanol–water partition coefficient (Wildman–Crippen LogP) is 3.16. The summed E-state index contributed by atoms with van der Waals surface area (Å²) in [4.78, 5) is 11.2. The lowest BCUT2D eigenvalue weighted by Gasteiger charge is -2.19. The SMILES string of the molecule is O=C(NC(c1ccccc1)c1ccccc1)C(F)F. The van der Waals surface area contributed by atoms with Gasteiger partial charge in [0.05, 0.1) is 6.04 Å². The third kappa shape index (κ3) is 3.37. The molecule has 98 valence electrons. The molecule has 1 N–H and O–H groups in total. The van der Waals surface area contributed by atoms with E-state index in [-0.39, 0.29) is 0 Å². The van der Waals surface area contributed by atoms with Crippen LogP contribution >= 0.6 is 0 Å². The van der Waals surface area contributed by atoms with Crippen molar-refractivity contribution in [3.8, 4) is 0 Å². The minimum atomic E-state index is -3.02. The van der Waals surface area contributed by atoms with Crippen LogP contribution in [0.3, 0.4) is 0 Å². The molecule has 0 unspecified atom stereocenters. The molecule has 0 saturated carbocycles. The summed E-state index contributed by atoms with van der Waals surface area (Å²) in [7, 11) is 0. The first kappa shape index (κ1) is 13.2.